The average molecular weight is 195 g/mol. The van der Waals surface area contributed by atoms with Gasteiger partial charge in [0, 0.05) is 12.2 Å². The van der Waals surface area contributed by atoms with Crippen molar-refractivity contribution in [3.63, 3.8) is 0 Å². The molecule has 0 spiro atoms. The maximum atomic E-state index is 9.29. The number of hydrogen-bond acceptors (Lipinski definition) is 3. The van der Waals surface area contributed by atoms with Crippen LogP contribution in [0.4, 0.5) is 0 Å². The van der Waals surface area contributed by atoms with Crippen molar-refractivity contribution in [3.8, 4) is 0 Å². The first-order valence-electron chi connectivity index (χ1n) is 5.09. The van der Waals surface area contributed by atoms with Crippen molar-refractivity contribution in [2.45, 2.75) is 31.8 Å². The summed E-state index contributed by atoms with van der Waals surface area (Å²) in [4.78, 5) is 0. The van der Waals surface area contributed by atoms with E-state index in [9.17, 15) is 5.11 Å². The average Bonchev–Trinajstić information content (AvgIpc) is 2.92. The van der Waals surface area contributed by atoms with E-state index in [2.05, 4.69) is 5.10 Å². The predicted octanol–water partition coefficient (Wildman–Crippen LogP) is 0.462. The van der Waals surface area contributed by atoms with E-state index in [-0.39, 0.29) is 18.7 Å². The van der Waals surface area contributed by atoms with Crippen molar-refractivity contribution >= 4 is 0 Å². The van der Waals surface area contributed by atoms with E-state index in [0.717, 1.165) is 5.56 Å². The van der Waals surface area contributed by atoms with Crippen LogP contribution in [0.2, 0.25) is 0 Å². The van der Waals surface area contributed by atoms with E-state index in [1.54, 1.807) is 10.9 Å². The minimum absolute atomic E-state index is 0.0410. The van der Waals surface area contributed by atoms with Crippen LogP contribution in [0.1, 0.15) is 24.4 Å². The quantitative estimate of drug-likeness (QED) is 0.733. The standard InChI is InChI=1S/C10H17N3O/c1-7-4-12-13(5-7)9(6-14)10(11)8-2-3-8/h4-5,8-10,14H,2-3,6,11H2,1H3. The van der Waals surface area contributed by atoms with E-state index in [1.165, 1.54) is 12.8 Å². The maximum absolute atomic E-state index is 9.29. The predicted molar refractivity (Wildman–Crippen MR) is 53.8 cm³/mol. The summed E-state index contributed by atoms with van der Waals surface area (Å²) in [6, 6.07) is -0.0181. The number of aliphatic hydroxyl groups is 1. The fourth-order valence-electron chi connectivity index (χ4n) is 1.79. The highest BCUT2D eigenvalue weighted by molar-refractivity contribution is 5.02. The van der Waals surface area contributed by atoms with E-state index in [0.29, 0.717) is 5.92 Å². The molecule has 2 atom stereocenters. The summed E-state index contributed by atoms with van der Waals surface area (Å²) in [6.07, 6.45) is 6.11. The summed E-state index contributed by atoms with van der Waals surface area (Å²) in [5.41, 5.74) is 7.16. The van der Waals surface area contributed by atoms with Crippen molar-refractivity contribution < 1.29 is 5.11 Å². The molecule has 4 heteroatoms. The molecular formula is C10H17N3O. The topological polar surface area (TPSA) is 64.1 Å². The molecule has 1 aromatic heterocycles. The highest BCUT2D eigenvalue weighted by Gasteiger charge is 2.34. The van der Waals surface area contributed by atoms with E-state index in [1.807, 2.05) is 13.1 Å². The third-order valence-corrected chi connectivity index (χ3v) is 2.87. The molecule has 1 heterocycles. The van der Waals surface area contributed by atoms with Crippen molar-refractivity contribution in [1.82, 2.24) is 9.78 Å². The van der Waals surface area contributed by atoms with Gasteiger partial charge in [0.2, 0.25) is 0 Å². The molecule has 1 aliphatic rings. The molecule has 4 nitrogen and oxygen atoms in total. The largest absolute Gasteiger partial charge is 0.394 e. The molecule has 0 radical (unpaired) electrons. The fraction of sp³-hybridized carbons (Fsp3) is 0.700. The summed E-state index contributed by atoms with van der Waals surface area (Å²) >= 11 is 0. The highest BCUT2D eigenvalue weighted by Crippen LogP contribution is 2.35. The molecule has 1 fully saturated rings. The maximum Gasteiger partial charge on any atom is 0.0903 e. The summed E-state index contributed by atoms with van der Waals surface area (Å²) in [7, 11) is 0. The smallest absolute Gasteiger partial charge is 0.0903 e. The van der Waals surface area contributed by atoms with Crippen molar-refractivity contribution in [2.75, 3.05) is 6.61 Å². The second-order valence-electron chi connectivity index (χ2n) is 4.16. The Labute approximate surface area is 83.7 Å². The van der Waals surface area contributed by atoms with Crippen LogP contribution < -0.4 is 5.73 Å². The Morgan fingerprint density at radius 2 is 2.43 bits per heavy atom. The van der Waals surface area contributed by atoms with Gasteiger partial charge in [0.25, 0.3) is 0 Å². The molecule has 0 amide bonds. The van der Waals surface area contributed by atoms with Crippen molar-refractivity contribution in [3.05, 3.63) is 18.0 Å². The summed E-state index contributed by atoms with van der Waals surface area (Å²) in [5, 5.41) is 13.5. The molecule has 78 valence electrons. The lowest BCUT2D eigenvalue weighted by atomic mass is 10.1. The van der Waals surface area contributed by atoms with Crippen LogP contribution in [-0.4, -0.2) is 27.5 Å². The normalized spacial score (nSPS) is 20.8. The van der Waals surface area contributed by atoms with Gasteiger partial charge in [0.1, 0.15) is 0 Å². The Morgan fingerprint density at radius 3 is 2.86 bits per heavy atom. The molecule has 0 aliphatic heterocycles. The second kappa shape index (κ2) is 3.71. The van der Waals surface area contributed by atoms with Gasteiger partial charge in [-0.05, 0) is 31.2 Å². The Balaban J connectivity index is 2.11. The van der Waals surface area contributed by atoms with Crippen molar-refractivity contribution in [1.29, 1.82) is 0 Å². The number of nitrogens with two attached hydrogens (primary N) is 1. The lowest BCUT2D eigenvalue weighted by Crippen LogP contribution is -2.36. The van der Waals surface area contributed by atoms with E-state index < -0.39 is 0 Å². The molecule has 3 N–H and O–H groups in total. The van der Waals surface area contributed by atoms with Gasteiger partial charge in [-0.2, -0.15) is 5.10 Å². The molecule has 2 rings (SSSR count). The van der Waals surface area contributed by atoms with Crippen LogP contribution in [0.25, 0.3) is 0 Å². The van der Waals surface area contributed by atoms with Crippen LogP contribution in [0.5, 0.6) is 0 Å². The SMILES string of the molecule is Cc1cnn(C(CO)C(N)C2CC2)c1. The number of aliphatic hydroxyl groups excluding tert-OH is 1. The lowest BCUT2D eigenvalue weighted by molar-refractivity contribution is 0.188. The van der Waals surface area contributed by atoms with Gasteiger partial charge in [-0.15, -0.1) is 0 Å². The number of nitrogens with zero attached hydrogens (tertiary/aromatic N) is 2. The zero-order chi connectivity index (χ0) is 10.1. The Hall–Kier alpha value is -0.870. The van der Waals surface area contributed by atoms with Gasteiger partial charge in [-0.25, -0.2) is 0 Å². The van der Waals surface area contributed by atoms with E-state index >= 15 is 0 Å². The van der Waals surface area contributed by atoms with Gasteiger partial charge in [0.05, 0.1) is 18.8 Å². The number of hydrogen-bond donors (Lipinski definition) is 2. The molecule has 1 aliphatic carbocycles. The molecule has 0 aromatic carbocycles. The summed E-state index contributed by atoms with van der Waals surface area (Å²) < 4.78 is 1.79. The molecular weight excluding hydrogens is 178 g/mol. The minimum Gasteiger partial charge on any atom is -0.394 e. The lowest BCUT2D eigenvalue weighted by Gasteiger charge is -2.21. The zero-order valence-corrected chi connectivity index (χ0v) is 8.43. The Bertz CT molecular complexity index is 306. The summed E-state index contributed by atoms with van der Waals surface area (Å²) in [6.45, 7) is 2.05. The van der Waals surface area contributed by atoms with Crippen LogP contribution in [0.3, 0.4) is 0 Å². The first-order chi connectivity index (χ1) is 6.72. The number of rotatable bonds is 4. The Kier molecular flexibility index (Phi) is 2.56. The summed E-state index contributed by atoms with van der Waals surface area (Å²) in [5.74, 6) is 0.580. The van der Waals surface area contributed by atoms with Gasteiger partial charge in [0.15, 0.2) is 0 Å². The van der Waals surface area contributed by atoms with Gasteiger partial charge >= 0.3 is 0 Å². The van der Waals surface area contributed by atoms with Crippen LogP contribution in [-0.2, 0) is 0 Å². The molecule has 14 heavy (non-hydrogen) atoms. The van der Waals surface area contributed by atoms with Gasteiger partial charge < -0.3 is 10.8 Å². The van der Waals surface area contributed by atoms with Crippen LogP contribution >= 0.6 is 0 Å². The molecule has 0 saturated heterocycles. The van der Waals surface area contributed by atoms with E-state index in [4.69, 9.17) is 5.73 Å². The highest BCUT2D eigenvalue weighted by atomic mass is 16.3. The van der Waals surface area contributed by atoms with Crippen LogP contribution in [0.15, 0.2) is 12.4 Å². The van der Waals surface area contributed by atoms with Gasteiger partial charge in [-0.1, -0.05) is 0 Å². The molecule has 0 bridgehead atoms. The van der Waals surface area contributed by atoms with Gasteiger partial charge in [-0.3, -0.25) is 4.68 Å². The van der Waals surface area contributed by atoms with Crippen molar-refractivity contribution in [2.24, 2.45) is 11.7 Å². The monoisotopic (exact) mass is 195 g/mol. The Morgan fingerprint density at radius 1 is 1.71 bits per heavy atom. The third-order valence-electron chi connectivity index (χ3n) is 2.87. The van der Waals surface area contributed by atoms with Crippen LogP contribution in [0, 0.1) is 12.8 Å². The molecule has 1 saturated carbocycles. The first-order valence-corrected chi connectivity index (χ1v) is 5.09. The number of aromatic nitrogens is 2. The fourth-order valence-corrected chi connectivity index (χ4v) is 1.79. The minimum atomic E-state index is -0.0591. The first kappa shape index (κ1) is 9.68. The molecule has 2 unspecified atom stereocenters. The second-order valence-corrected chi connectivity index (χ2v) is 4.16. The number of aryl methyl sites for hydroxylation is 1. The third kappa shape index (κ3) is 1.81. The molecule has 1 aromatic rings. The zero-order valence-electron chi connectivity index (χ0n) is 8.43.